The largest absolute Gasteiger partial charge is 0.329 e. The molecule has 0 bridgehead atoms. The molecule has 0 radical (unpaired) electrons. The summed E-state index contributed by atoms with van der Waals surface area (Å²) in [5, 5.41) is -0.816. The topological polar surface area (TPSA) is 80.4 Å². The Kier molecular flexibility index (Phi) is 5.43. The van der Waals surface area contributed by atoms with Crippen LogP contribution in [0.4, 0.5) is 0 Å². The minimum absolute atomic E-state index is 0.000794. The van der Waals surface area contributed by atoms with Gasteiger partial charge in [0.2, 0.25) is 0 Å². The predicted octanol–water partition coefficient (Wildman–Crippen LogP) is 2.69. The lowest BCUT2D eigenvalue weighted by atomic mass is 9.67. The number of hydrogen-bond donors (Lipinski definition) is 2. The first-order valence-electron chi connectivity index (χ1n) is 7.23. The first-order chi connectivity index (χ1) is 8.57. The molecule has 1 aliphatic carbocycles. The Morgan fingerprint density at radius 3 is 2.00 bits per heavy atom. The van der Waals surface area contributed by atoms with E-state index in [9.17, 15) is 13.0 Å². The lowest BCUT2D eigenvalue weighted by Gasteiger charge is -2.39. The van der Waals surface area contributed by atoms with E-state index < -0.39 is 15.4 Å². The van der Waals surface area contributed by atoms with Gasteiger partial charge in [-0.25, -0.2) is 0 Å². The van der Waals surface area contributed by atoms with Crippen molar-refractivity contribution in [3.05, 3.63) is 0 Å². The van der Waals surface area contributed by atoms with Gasteiger partial charge in [-0.3, -0.25) is 4.55 Å². The minimum atomic E-state index is -4.03. The van der Waals surface area contributed by atoms with Crippen LogP contribution < -0.4 is 5.73 Å². The van der Waals surface area contributed by atoms with E-state index in [0.29, 0.717) is 17.3 Å². The first kappa shape index (κ1) is 16.9. The van der Waals surface area contributed by atoms with Gasteiger partial charge in [0.05, 0.1) is 0 Å². The van der Waals surface area contributed by atoms with Crippen LogP contribution >= 0.6 is 0 Å². The molecule has 1 rings (SSSR count). The van der Waals surface area contributed by atoms with Crippen LogP contribution in [0.15, 0.2) is 0 Å². The molecule has 0 aromatic carbocycles. The lowest BCUT2D eigenvalue weighted by Crippen LogP contribution is -2.40. The summed E-state index contributed by atoms with van der Waals surface area (Å²) in [5.41, 5.74) is 5.85. The second-order valence-electron chi connectivity index (χ2n) is 7.13. The minimum Gasteiger partial charge on any atom is -0.329 e. The maximum Gasteiger partial charge on any atom is 0.269 e. The van der Waals surface area contributed by atoms with Crippen LogP contribution in [-0.2, 0) is 10.1 Å². The van der Waals surface area contributed by atoms with E-state index in [2.05, 4.69) is 20.8 Å². The highest BCUT2D eigenvalue weighted by Gasteiger charge is 2.37. The van der Waals surface area contributed by atoms with Gasteiger partial charge in [-0.15, -0.1) is 0 Å². The van der Waals surface area contributed by atoms with Crippen molar-refractivity contribution in [3.8, 4) is 0 Å². The summed E-state index contributed by atoms with van der Waals surface area (Å²) in [6, 6.07) is 0. The maximum atomic E-state index is 11.3. The van der Waals surface area contributed by atoms with Crippen LogP contribution in [0.1, 0.15) is 53.4 Å². The second kappa shape index (κ2) is 6.10. The van der Waals surface area contributed by atoms with E-state index in [-0.39, 0.29) is 12.5 Å². The summed E-state index contributed by atoms with van der Waals surface area (Å²) in [6.45, 7) is 8.71. The molecule has 1 fully saturated rings. The molecule has 1 aliphatic rings. The van der Waals surface area contributed by atoms with E-state index >= 15 is 0 Å². The van der Waals surface area contributed by atoms with Gasteiger partial charge in [0.15, 0.2) is 0 Å². The van der Waals surface area contributed by atoms with Gasteiger partial charge in [0.25, 0.3) is 10.1 Å². The number of hydrogen-bond acceptors (Lipinski definition) is 3. The molecule has 0 spiro atoms. The zero-order valence-corrected chi connectivity index (χ0v) is 13.4. The molecule has 1 saturated carbocycles. The fourth-order valence-electron chi connectivity index (χ4n) is 3.42. The molecule has 0 aromatic heterocycles. The predicted molar refractivity (Wildman–Crippen MR) is 78.5 cm³/mol. The normalized spacial score (nSPS) is 28.9. The van der Waals surface area contributed by atoms with Crippen molar-refractivity contribution in [2.75, 3.05) is 6.54 Å². The second-order valence-corrected chi connectivity index (χ2v) is 8.76. The summed E-state index contributed by atoms with van der Waals surface area (Å²) in [7, 11) is -4.03. The molecule has 114 valence electrons. The van der Waals surface area contributed by atoms with Crippen LogP contribution in [0.25, 0.3) is 0 Å². The van der Waals surface area contributed by atoms with Crippen molar-refractivity contribution in [3.63, 3.8) is 0 Å². The summed E-state index contributed by atoms with van der Waals surface area (Å²) < 4.78 is 31.9. The van der Waals surface area contributed by atoms with Crippen molar-refractivity contribution in [2.24, 2.45) is 28.9 Å². The van der Waals surface area contributed by atoms with Crippen molar-refractivity contribution in [2.45, 2.75) is 58.6 Å². The molecule has 2 unspecified atom stereocenters. The zero-order valence-electron chi connectivity index (χ0n) is 12.6. The highest BCUT2D eigenvalue weighted by Crippen LogP contribution is 2.42. The van der Waals surface area contributed by atoms with Crippen LogP contribution in [-0.4, -0.2) is 24.8 Å². The highest BCUT2D eigenvalue weighted by atomic mass is 32.2. The molecular weight excluding hydrogens is 262 g/mol. The molecule has 4 nitrogen and oxygen atoms in total. The molecule has 0 amide bonds. The van der Waals surface area contributed by atoms with E-state index in [4.69, 9.17) is 5.73 Å². The fraction of sp³-hybridized carbons (Fsp3) is 1.00. The third-order valence-electron chi connectivity index (χ3n) is 4.94. The van der Waals surface area contributed by atoms with Crippen LogP contribution in [0, 0.1) is 23.2 Å². The smallest absolute Gasteiger partial charge is 0.269 e. The maximum absolute atomic E-state index is 11.3. The quantitative estimate of drug-likeness (QED) is 0.780. The molecule has 0 aromatic rings. The summed E-state index contributed by atoms with van der Waals surface area (Å²) >= 11 is 0. The first-order valence-corrected chi connectivity index (χ1v) is 8.74. The zero-order chi connectivity index (χ0) is 14.8. The number of nitrogens with two attached hydrogens (primary N) is 1. The molecule has 0 heterocycles. The average molecular weight is 291 g/mol. The van der Waals surface area contributed by atoms with Crippen molar-refractivity contribution in [1.29, 1.82) is 0 Å². The molecule has 3 N–H and O–H groups in total. The van der Waals surface area contributed by atoms with Crippen LogP contribution in [0.5, 0.6) is 0 Å². The summed E-state index contributed by atoms with van der Waals surface area (Å²) in [6.07, 6.45) is 4.35. The van der Waals surface area contributed by atoms with E-state index in [1.54, 1.807) is 0 Å². The van der Waals surface area contributed by atoms with Gasteiger partial charge in [-0.1, -0.05) is 27.7 Å². The Bertz CT molecular complexity index is 378. The van der Waals surface area contributed by atoms with Gasteiger partial charge in [-0.2, -0.15) is 8.42 Å². The summed E-state index contributed by atoms with van der Waals surface area (Å²) in [4.78, 5) is 0. The summed E-state index contributed by atoms with van der Waals surface area (Å²) in [5.74, 6) is 0.994. The standard InChI is InChI=1S/C14H29NO3S/c1-10(13(9-15)19(16,17)18)11-5-7-12(8-6-11)14(2,3)4/h10-13H,5-9,15H2,1-4H3,(H,16,17,18). The molecule has 0 saturated heterocycles. The van der Waals surface area contributed by atoms with Crippen molar-refractivity contribution < 1.29 is 13.0 Å². The van der Waals surface area contributed by atoms with Gasteiger partial charge < -0.3 is 5.73 Å². The SMILES string of the molecule is CC(C1CCC(C(C)(C)C)CC1)C(CN)S(=O)(=O)O. The van der Waals surface area contributed by atoms with Crippen LogP contribution in [0.3, 0.4) is 0 Å². The van der Waals surface area contributed by atoms with Gasteiger partial charge in [0, 0.05) is 6.54 Å². The Hall–Kier alpha value is -0.130. The average Bonchev–Trinajstić information content (AvgIpc) is 2.27. The molecule has 5 heteroatoms. The fourth-order valence-corrected chi connectivity index (χ4v) is 4.43. The van der Waals surface area contributed by atoms with E-state index in [1.807, 2.05) is 6.92 Å². The Morgan fingerprint density at radius 1 is 1.21 bits per heavy atom. The molecule has 19 heavy (non-hydrogen) atoms. The van der Waals surface area contributed by atoms with Gasteiger partial charge in [-0.05, 0) is 48.9 Å². The lowest BCUT2D eigenvalue weighted by molar-refractivity contribution is 0.126. The van der Waals surface area contributed by atoms with Crippen molar-refractivity contribution >= 4 is 10.1 Å². The third kappa shape index (κ3) is 4.43. The molecule has 0 aliphatic heterocycles. The van der Waals surface area contributed by atoms with Crippen molar-refractivity contribution in [1.82, 2.24) is 0 Å². The van der Waals surface area contributed by atoms with Crippen LogP contribution in [0.2, 0.25) is 0 Å². The molecular formula is C14H29NO3S. The Morgan fingerprint density at radius 2 is 1.68 bits per heavy atom. The highest BCUT2D eigenvalue weighted by molar-refractivity contribution is 7.86. The van der Waals surface area contributed by atoms with Gasteiger partial charge >= 0.3 is 0 Å². The van der Waals surface area contributed by atoms with E-state index in [1.165, 1.54) is 0 Å². The Balaban J connectivity index is 2.65. The number of rotatable bonds is 4. The van der Waals surface area contributed by atoms with Gasteiger partial charge in [0.1, 0.15) is 5.25 Å². The third-order valence-corrected chi connectivity index (χ3v) is 6.33. The monoisotopic (exact) mass is 291 g/mol. The van der Waals surface area contributed by atoms with E-state index in [0.717, 1.165) is 25.7 Å². The molecule has 2 atom stereocenters. The Labute approximate surface area is 117 Å².